The predicted molar refractivity (Wildman–Crippen MR) is 118 cm³/mol. The summed E-state index contributed by atoms with van der Waals surface area (Å²) < 4.78 is 82.7. The van der Waals surface area contributed by atoms with Crippen LogP contribution in [0.25, 0.3) is 11.1 Å². The Morgan fingerprint density at radius 3 is 2.22 bits per heavy atom. The second-order valence-electron chi connectivity index (χ2n) is 7.39. The van der Waals surface area contributed by atoms with Gasteiger partial charge in [0, 0.05) is 17.3 Å². The quantitative estimate of drug-likeness (QED) is 0.188. The van der Waals surface area contributed by atoms with E-state index < -0.39 is 35.1 Å². The van der Waals surface area contributed by atoms with E-state index in [0.29, 0.717) is 17.6 Å². The zero-order chi connectivity index (χ0) is 26.1. The Labute approximate surface area is 197 Å². The van der Waals surface area contributed by atoms with Crippen molar-refractivity contribution in [1.29, 1.82) is 0 Å². The molecule has 3 N–H and O–H groups in total. The number of aromatic nitrogens is 1. The van der Waals surface area contributed by atoms with Crippen molar-refractivity contribution < 1.29 is 35.6 Å². The Hall–Kier alpha value is -4.55. The monoisotopic (exact) mass is 508 g/mol. The molecule has 1 amide bonds. The number of rotatable bonds is 3. The molecule has 4 aromatic rings. The number of alkyl halides is 6. The molecule has 186 valence electrons. The van der Waals surface area contributed by atoms with E-state index in [4.69, 9.17) is 4.42 Å². The summed E-state index contributed by atoms with van der Waals surface area (Å²) in [5.74, 6) is -1.93. The zero-order valence-corrected chi connectivity index (χ0v) is 17.8. The van der Waals surface area contributed by atoms with Crippen LogP contribution < -0.4 is 16.4 Å². The highest BCUT2D eigenvalue weighted by Crippen LogP contribution is 2.31. The van der Waals surface area contributed by atoms with Crippen LogP contribution in [0.4, 0.5) is 37.7 Å². The summed E-state index contributed by atoms with van der Waals surface area (Å²) in [7, 11) is 0. The molecule has 0 aliphatic heterocycles. The molecule has 7 nitrogen and oxygen atoms in total. The summed E-state index contributed by atoms with van der Waals surface area (Å²) in [6, 6.07) is 11.6. The first-order valence-electron chi connectivity index (χ1n) is 10.0. The van der Waals surface area contributed by atoms with Crippen LogP contribution in [-0.4, -0.2) is 16.9 Å². The molecule has 3 aromatic carbocycles. The van der Waals surface area contributed by atoms with Crippen LogP contribution in [0, 0.1) is 0 Å². The number of H-pyrrole nitrogens is 1. The van der Waals surface area contributed by atoms with Crippen LogP contribution in [0.2, 0.25) is 0 Å². The van der Waals surface area contributed by atoms with Crippen molar-refractivity contribution >= 4 is 34.3 Å². The lowest BCUT2D eigenvalue weighted by molar-refractivity contribution is -0.138. The first kappa shape index (κ1) is 24.6. The smallest absolute Gasteiger partial charge is 0.408 e. The van der Waals surface area contributed by atoms with Crippen molar-refractivity contribution in [1.82, 2.24) is 10.3 Å². The lowest BCUT2D eigenvalue weighted by atomic mass is 10.1. The summed E-state index contributed by atoms with van der Waals surface area (Å²) in [5.41, 5.74) is -1.52. The number of carbonyl (C=O) groups is 1. The average molecular weight is 508 g/mol. The topological polar surface area (TPSA) is 99.5 Å². The van der Waals surface area contributed by atoms with Crippen molar-refractivity contribution in [2.24, 2.45) is 4.99 Å². The minimum absolute atomic E-state index is 0.0782. The molecule has 0 saturated carbocycles. The molecule has 0 unspecified atom stereocenters. The van der Waals surface area contributed by atoms with Crippen molar-refractivity contribution in [3.05, 3.63) is 94.0 Å². The Morgan fingerprint density at radius 1 is 0.861 bits per heavy atom. The number of amides is 1. The van der Waals surface area contributed by atoms with Crippen LogP contribution in [0.5, 0.6) is 0 Å². The molecule has 0 aliphatic carbocycles. The van der Waals surface area contributed by atoms with Crippen LogP contribution in [0.1, 0.15) is 21.5 Å². The third-order valence-corrected chi connectivity index (χ3v) is 4.80. The van der Waals surface area contributed by atoms with Gasteiger partial charge in [0.05, 0.1) is 22.3 Å². The summed E-state index contributed by atoms with van der Waals surface area (Å²) in [5, 5.41) is 4.90. The van der Waals surface area contributed by atoms with Gasteiger partial charge in [-0.15, -0.1) is 0 Å². The Morgan fingerprint density at radius 2 is 1.56 bits per heavy atom. The minimum atomic E-state index is -4.63. The first-order valence-corrected chi connectivity index (χ1v) is 10.0. The number of fused-ring (bicyclic) bond motifs is 1. The van der Waals surface area contributed by atoms with Crippen LogP contribution in [-0.2, 0) is 12.4 Å². The number of guanidine groups is 1. The van der Waals surface area contributed by atoms with Gasteiger partial charge < -0.3 is 9.73 Å². The highest BCUT2D eigenvalue weighted by atomic mass is 19.4. The van der Waals surface area contributed by atoms with Gasteiger partial charge in [-0.3, -0.25) is 15.1 Å². The summed E-state index contributed by atoms with van der Waals surface area (Å²) in [4.78, 5) is 30.6. The molecule has 13 heteroatoms. The molecule has 0 saturated heterocycles. The number of nitrogens with one attached hydrogen (secondary N) is 3. The number of aromatic amines is 1. The summed E-state index contributed by atoms with van der Waals surface area (Å²) in [6.07, 6.45) is -9.23. The summed E-state index contributed by atoms with van der Waals surface area (Å²) in [6.45, 7) is 0. The van der Waals surface area contributed by atoms with E-state index in [2.05, 4.69) is 20.6 Å². The molecule has 4 rings (SSSR count). The van der Waals surface area contributed by atoms with E-state index in [0.717, 1.165) is 30.3 Å². The lowest BCUT2D eigenvalue weighted by Gasteiger charge is -2.14. The van der Waals surface area contributed by atoms with Gasteiger partial charge in [-0.2, -0.15) is 26.3 Å². The van der Waals surface area contributed by atoms with E-state index >= 15 is 0 Å². The Kier molecular flexibility index (Phi) is 6.31. The maximum atomic E-state index is 13.1. The fourth-order valence-electron chi connectivity index (χ4n) is 3.12. The maximum Gasteiger partial charge on any atom is 0.417 e. The van der Waals surface area contributed by atoms with Crippen molar-refractivity contribution in [2.45, 2.75) is 12.4 Å². The van der Waals surface area contributed by atoms with E-state index in [-0.39, 0.29) is 28.5 Å². The second kappa shape index (κ2) is 9.24. The van der Waals surface area contributed by atoms with Gasteiger partial charge in [0.15, 0.2) is 5.58 Å². The number of carbonyl (C=O) groups excluding carboxylic acids is 1. The number of hydrogen-bond donors (Lipinski definition) is 3. The molecule has 0 radical (unpaired) electrons. The normalized spacial score (nSPS) is 12.6. The fraction of sp³-hybridized carbons (Fsp3) is 0.0870. The third-order valence-electron chi connectivity index (χ3n) is 4.80. The second-order valence-corrected chi connectivity index (χ2v) is 7.39. The molecule has 0 spiro atoms. The molecule has 1 heterocycles. The van der Waals surface area contributed by atoms with E-state index in [1.54, 1.807) is 0 Å². The molecular weight excluding hydrogens is 494 g/mol. The minimum Gasteiger partial charge on any atom is -0.408 e. The average Bonchev–Trinajstić information content (AvgIpc) is 3.17. The Bertz CT molecular complexity index is 1500. The number of hydrogen-bond acceptors (Lipinski definition) is 4. The maximum absolute atomic E-state index is 13.1. The zero-order valence-electron chi connectivity index (χ0n) is 17.8. The fourth-order valence-corrected chi connectivity index (χ4v) is 3.12. The number of aliphatic imine (C=N–C) groups is 1. The molecule has 1 aromatic heterocycles. The highest BCUT2D eigenvalue weighted by Gasteiger charge is 2.31. The number of oxazole rings is 1. The van der Waals surface area contributed by atoms with Gasteiger partial charge >= 0.3 is 18.1 Å². The van der Waals surface area contributed by atoms with Gasteiger partial charge in [-0.1, -0.05) is 6.07 Å². The third kappa shape index (κ3) is 5.74. The molecular formula is C23H14F6N4O3. The summed E-state index contributed by atoms with van der Waals surface area (Å²) >= 11 is 0. The first-order chi connectivity index (χ1) is 16.9. The van der Waals surface area contributed by atoms with Crippen LogP contribution in [0.3, 0.4) is 0 Å². The number of benzene rings is 3. The number of halogens is 6. The van der Waals surface area contributed by atoms with E-state index in [1.807, 2.05) is 0 Å². The number of nitrogens with zero attached hydrogens (tertiary/aromatic N) is 1. The van der Waals surface area contributed by atoms with Gasteiger partial charge in [0.1, 0.15) is 0 Å². The standard InChI is InChI=1S/C23H14F6N4O3/c24-22(25,26)13-6-4-12(5-7-13)19(34)33-20(30-15-3-1-2-14(10-15)23(27,28)29)31-16-8-9-17-18(11-16)36-21(35)32-17/h1-11H,(H,32,35)(H2,30,31,33,34). The van der Waals surface area contributed by atoms with Crippen molar-refractivity contribution in [3.63, 3.8) is 0 Å². The molecule has 0 fully saturated rings. The van der Waals surface area contributed by atoms with E-state index in [9.17, 15) is 35.9 Å². The van der Waals surface area contributed by atoms with Crippen molar-refractivity contribution in [2.75, 3.05) is 5.32 Å². The Balaban J connectivity index is 1.67. The van der Waals surface area contributed by atoms with Gasteiger partial charge in [0.25, 0.3) is 5.91 Å². The largest absolute Gasteiger partial charge is 0.417 e. The molecule has 36 heavy (non-hydrogen) atoms. The van der Waals surface area contributed by atoms with Crippen LogP contribution >= 0.6 is 0 Å². The van der Waals surface area contributed by atoms with Crippen molar-refractivity contribution in [3.8, 4) is 0 Å². The van der Waals surface area contributed by atoms with Gasteiger partial charge in [-0.05, 0) is 54.6 Å². The SMILES string of the molecule is O=C(NC(=Nc1ccc2[nH]c(=O)oc2c1)Nc1cccc(C(F)(F)F)c1)c1ccc(C(F)(F)F)cc1. The molecule has 0 bridgehead atoms. The van der Waals surface area contributed by atoms with Gasteiger partial charge in [0.2, 0.25) is 5.96 Å². The molecule has 0 atom stereocenters. The van der Waals surface area contributed by atoms with Gasteiger partial charge in [-0.25, -0.2) is 9.79 Å². The van der Waals surface area contributed by atoms with Crippen LogP contribution in [0.15, 0.2) is 80.9 Å². The van der Waals surface area contributed by atoms with E-state index in [1.165, 1.54) is 24.3 Å². The lowest BCUT2D eigenvalue weighted by Crippen LogP contribution is -2.36. The number of anilines is 1. The highest BCUT2D eigenvalue weighted by molar-refractivity contribution is 6.10. The predicted octanol–water partition coefficient (Wildman–Crippen LogP) is 5.69. The molecule has 0 aliphatic rings.